The summed E-state index contributed by atoms with van der Waals surface area (Å²) in [5.74, 6) is 0.103. The number of hydrogen-bond donors (Lipinski definition) is 2. The van der Waals surface area contributed by atoms with Gasteiger partial charge in [0.25, 0.3) is 0 Å². The molecule has 2 N–H and O–H groups in total. The molecule has 0 spiro atoms. The lowest BCUT2D eigenvalue weighted by Gasteiger charge is -2.28. The summed E-state index contributed by atoms with van der Waals surface area (Å²) in [4.78, 5) is 14.3. The number of nitrogens with zero attached hydrogens (tertiary/aromatic N) is 2. The number of thiophene rings is 1. The van der Waals surface area contributed by atoms with Gasteiger partial charge in [0.05, 0.1) is 17.3 Å². The predicted octanol–water partition coefficient (Wildman–Crippen LogP) is 2.34. The highest BCUT2D eigenvalue weighted by molar-refractivity contribution is 7.08. The van der Waals surface area contributed by atoms with Crippen molar-refractivity contribution in [2.24, 2.45) is 0 Å². The molecule has 2 fully saturated rings. The molecule has 2 aromatic rings. The number of benzene rings is 1. The number of nitriles is 1. The minimum absolute atomic E-state index is 0.0198. The molecule has 2 aliphatic heterocycles. The van der Waals surface area contributed by atoms with Crippen LogP contribution in [0, 0.1) is 11.3 Å². The summed E-state index contributed by atoms with van der Waals surface area (Å²) in [7, 11) is 0. The van der Waals surface area contributed by atoms with Crippen LogP contribution in [0.15, 0.2) is 35.0 Å². The highest BCUT2D eigenvalue weighted by atomic mass is 32.1. The van der Waals surface area contributed by atoms with Gasteiger partial charge in [-0.3, -0.25) is 4.79 Å². The van der Waals surface area contributed by atoms with Crippen molar-refractivity contribution in [1.82, 2.24) is 10.6 Å². The number of hydrogen-bond acceptors (Lipinski definition) is 5. The molecule has 4 rings (SSSR count). The zero-order valence-corrected chi connectivity index (χ0v) is 14.7. The molecule has 2 saturated heterocycles. The molecule has 2 atom stereocenters. The Morgan fingerprint density at radius 2 is 2.20 bits per heavy atom. The van der Waals surface area contributed by atoms with Crippen molar-refractivity contribution in [3.8, 4) is 17.2 Å². The zero-order valence-electron chi connectivity index (χ0n) is 13.9. The van der Waals surface area contributed by atoms with E-state index in [0.29, 0.717) is 5.56 Å². The largest absolute Gasteiger partial charge is 0.368 e. The molecule has 1 amide bonds. The Bertz CT molecular complexity index is 807. The number of carbonyl (C=O) groups is 1. The van der Waals surface area contributed by atoms with Crippen LogP contribution in [0.4, 0.5) is 5.69 Å². The average Bonchev–Trinajstić information content (AvgIpc) is 3.24. The summed E-state index contributed by atoms with van der Waals surface area (Å²) in [6.45, 7) is 2.54. The first-order chi connectivity index (χ1) is 12.2. The second-order valence-corrected chi connectivity index (χ2v) is 7.37. The van der Waals surface area contributed by atoms with Crippen molar-refractivity contribution < 1.29 is 4.79 Å². The topological polar surface area (TPSA) is 68.2 Å². The van der Waals surface area contributed by atoms with Crippen molar-refractivity contribution in [2.75, 3.05) is 24.5 Å². The number of amides is 1. The summed E-state index contributed by atoms with van der Waals surface area (Å²) in [6.07, 6.45) is 1.83. The van der Waals surface area contributed by atoms with E-state index in [-0.39, 0.29) is 18.0 Å². The smallest absolute Gasteiger partial charge is 0.237 e. The number of nitrogens with one attached hydrogen (secondary N) is 2. The fourth-order valence-corrected chi connectivity index (χ4v) is 4.09. The highest BCUT2D eigenvalue weighted by Crippen LogP contribution is 2.30. The molecule has 0 unspecified atom stereocenters. The lowest BCUT2D eigenvalue weighted by molar-refractivity contribution is -0.125. The fraction of sp³-hybridized carbons (Fsp3) is 0.368. The van der Waals surface area contributed by atoms with E-state index in [4.69, 9.17) is 0 Å². The summed E-state index contributed by atoms with van der Waals surface area (Å²) in [6, 6.07) is 10.6. The summed E-state index contributed by atoms with van der Waals surface area (Å²) in [5, 5.41) is 20.0. The van der Waals surface area contributed by atoms with Gasteiger partial charge in [-0.25, -0.2) is 0 Å². The van der Waals surface area contributed by atoms with Gasteiger partial charge >= 0.3 is 0 Å². The van der Waals surface area contributed by atoms with E-state index < -0.39 is 0 Å². The molecular formula is C19H20N4OS. The Kier molecular flexibility index (Phi) is 4.43. The van der Waals surface area contributed by atoms with Crippen LogP contribution in [-0.4, -0.2) is 37.6 Å². The minimum Gasteiger partial charge on any atom is -0.368 e. The fourth-order valence-electron chi connectivity index (χ4n) is 3.42. The Morgan fingerprint density at radius 3 is 2.88 bits per heavy atom. The third-order valence-electron chi connectivity index (χ3n) is 4.99. The Balaban J connectivity index is 1.46. The van der Waals surface area contributed by atoms with Crippen molar-refractivity contribution in [1.29, 1.82) is 5.26 Å². The van der Waals surface area contributed by atoms with Gasteiger partial charge in [-0.1, -0.05) is 6.07 Å². The van der Waals surface area contributed by atoms with E-state index in [1.54, 1.807) is 11.3 Å². The number of rotatable bonds is 4. The second-order valence-electron chi connectivity index (χ2n) is 6.59. The Labute approximate surface area is 151 Å². The van der Waals surface area contributed by atoms with E-state index in [0.717, 1.165) is 49.3 Å². The number of carbonyl (C=O) groups excluding carboxylic acids is 1. The lowest BCUT2D eigenvalue weighted by atomic mass is 10.0. The quantitative estimate of drug-likeness (QED) is 0.886. The van der Waals surface area contributed by atoms with Crippen LogP contribution in [-0.2, 0) is 4.79 Å². The van der Waals surface area contributed by atoms with Gasteiger partial charge in [0.15, 0.2) is 0 Å². The van der Waals surface area contributed by atoms with Crippen LogP contribution in [0.2, 0.25) is 0 Å². The molecule has 1 aromatic heterocycles. The van der Waals surface area contributed by atoms with Gasteiger partial charge in [0.1, 0.15) is 6.07 Å². The Morgan fingerprint density at radius 1 is 1.32 bits per heavy atom. The molecule has 0 aliphatic carbocycles. The Hall–Kier alpha value is -2.36. The van der Waals surface area contributed by atoms with Crippen molar-refractivity contribution in [3.63, 3.8) is 0 Å². The van der Waals surface area contributed by atoms with Crippen molar-refractivity contribution >= 4 is 22.9 Å². The maximum Gasteiger partial charge on any atom is 0.237 e. The molecule has 5 nitrogen and oxygen atoms in total. The molecule has 0 bridgehead atoms. The standard InChI is InChI=1S/C19H20N4OS/c20-10-15-9-13(14-5-8-25-12-14)1-2-18(15)23-7-4-16(11-23)22-19(24)17-3-6-21-17/h1-2,5,8-9,12,16-17,21H,3-4,6-7,11H2,(H,22,24)/t16-,17-/m0/s1. The molecule has 0 radical (unpaired) electrons. The molecule has 2 aliphatic rings. The van der Waals surface area contributed by atoms with Crippen LogP contribution in [0.25, 0.3) is 11.1 Å². The normalized spacial score (nSPS) is 22.3. The van der Waals surface area contributed by atoms with Gasteiger partial charge < -0.3 is 15.5 Å². The second kappa shape index (κ2) is 6.87. The zero-order chi connectivity index (χ0) is 17.2. The minimum atomic E-state index is -0.0198. The van der Waals surface area contributed by atoms with E-state index >= 15 is 0 Å². The molecule has 1 aromatic carbocycles. The highest BCUT2D eigenvalue weighted by Gasteiger charge is 2.30. The van der Waals surface area contributed by atoms with E-state index in [2.05, 4.69) is 39.1 Å². The van der Waals surface area contributed by atoms with E-state index in [1.807, 2.05) is 17.5 Å². The van der Waals surface area contributed by atoms with Gasteiger partial charge in [0.2, 0.25) is 5.91 Å². The SMILES string of the molecule is N#Cc1cc(-c2ccsc2)ccc1N1CC[C@H](NC(=O)[C@@H]2CCN2)C1. The molecule has 3 heterocycles. The van der Waals surface area contributed by atoms with Gasteiger partial charge in [-0.2, -0.15) is 16.6 Å². The first-order valence-electron chi connectivity index (χ1n) is 8.60. The van der Waals surface area contributed by atoms with Gasteiger partial charge in [0, 0.05) is 19.1 Å². The lowest BCUT2D eigenvalue weighted by Crippen LogP contribution is -2.55. The first kappa shape index (κ1) is 16.1. The van der Waals surface area contributed by atoms with Gasteiger partial charge in [-0.15, -0.1) is 0 Å². The third kappa shape index (κ3) is 3.26. The molecular weight excluding hydrogens is 332 g/mol. The van der Waals surface area contributed by atoms with Crippen LogP contribution in [0.3, 0.4) is 0 Å². The predicted molar refractivity (Wildman–Crippen MR) is 99.6 cm³/mol. The first-order valence-corrected chi connectivity index (χ1v) is 9.54. The van der Waals surface area contributed by atoms with Crippen molar-refractivity contribution in [2.45, 2.75) is 24.9 Å². The van der Waals surface area contributed by atoms with E-state index in [9.17, 15) is 10.1 Å². The monoisotopic (exact) mass is 352 g/mol. The van der Waals surface area contributed by atoms with Crippen LogP contribution >= 0.6 is 11.3 Å². The maximum atomic E-state index is 12.1. The van der Waals surface area contributed by atoms with E-state index in [1.165, 1.54) is 0 Å². The molecule has 25 heavy (non-hydrogen) atoms. The van der Waals surface area contributed by atoms with Crippen LogP contribution in [0.1, 0.15) is 18.4 Å². The third-order valence-corrected chi connectivity index (χ3v) is 5.67. The molecule has 6 heteroatoms. The summed E-state index contributed by atoms with van der Waals surface area (Å²) in [5.41, 5.74) is 3.87. The average molecular weight is 352 g/mol. The van der Waals surface area contributed by atoms with Crippen LogP contribution < -0.4 is 15.5 Å². The summed E-state index contributed by atoms with van der Waals surface area (Å²) < 4.78 is 0. The molecule has 0 saturated carbocycles. The molecule has 128 valence electrons. The van der Waals surface area contributed by atoms with Gasteiger partial charge in [-0.05, 0) is 59.5 Å². The summed E-state index contributed by atoms with van der Waals surface area (Å²) >= 11 is 1.65. The van der Waals surface area contributed by atoms with Crippen LogP contribution in [0.5, 0.6) is 0 Å². The maximum absolute atomic E-state index is 12.1. The number of anilines is 1. The van der Waals surface area contributed by atoms with Crippen molar-refractivity contribution in [3.05, 3.63) is 40.6 Å².